The maximum absolute atomic E-state index is 10.3. The summed E-state index contributed by atoms with van der Waals surface area (Å²) < 4.78 is 0. The molecule has 0 saturated carbocycles. The summed E-state index contributed by atoms with van der Waals surface area (Å²) in [6.07, 6.45) is 0. The summed E-state index contributed by atoms with van der Waals surface area (Å²) in [5, 5.41) is 13.1. The van der Waals surface area contributed by atoms with Crippen LogP contribution in [0.1, 0.15) is 11.1 Å². The first-order valence-corrected chi connectivity index (χ1v) is 3.68. The lowest BCUT2D eigenvalue weighted by Crippen LogP contribution is -1.91. The summed E-state index contributed by atoms with van der Waals surface area (Å²) in [6, 6.07) is 4.35. The fourth-order valence-electron chi connectivity index (χ4n) is 1.04. The maximum atomic E-state index is 10.3. The van der Waals surface area contributed by atoms with E-state index < -0.39 is 4.92 Å². The predicted octanol–water partition coefficient (Wildman–Crippen LogP) is 2.17. The van der Waals surface area contributed by atoms with Gasteiger partial charge < -0.3 is 0 Å². The fraction of sp³-hybridized carbons (Fsp3) is 0.250. The number of aryl methyl sites for hydroxylation is 1. The summed E-state index contributed by atoms with van der Waals surface area (Å²) >= 11 is 0. The Kier molecular flexibility index (Phi) is 2.69. The quantitative estimate of drug-likeness (QED) is 0.406. The highest BCUT2D eigenvalue weighted by Crippen LogP contribution is 2.17. The molecule has 0 fully saturated rings. The first-order valence-electron chi connectivity index (χ1n) is 3.68. The second kappa shape index (κ2) is 3.75. The van der Waals surface area contributed by atoms with E-state index in [0.29, 0.717) is 5.56 Å². The summed E-state index contributed by atoms with van der Waals surface area (Å²) in [5.41, 5.74) is 1.47. The van der Waals surface area contributed by atoms with E-state index in [1.165, 1.54) is 12.1 Å². The number of rotatable bonds is 3. The Morgan fingerprint density at radius 1 is 1.54 bits per heavy atom. The summed E-state index contributed by atoms with van der Waals surface area (Å²) in [5.74, 6) is 0. The molecule has 0 saturated heterocycles. The van der Waals surface area contributed by atoms with Gasteiger partial charge in [-0.1, -0.05) is 5.18 Å². The first kappa shape index (κ1) is 9.31. The number of nitroso groups, excluding NO2 is 1. The lowest BCUT2D eigenvalue weighted by atomic mass is 10.1. The molecule has 0 unspecified atom stereocenters. The van der Waals surface area contributed by atoms with Gasteiger partial charge in [0.05, 0.1) is 4.92 Å². The van der Waals surface area contributed by atoms with Gasteiger partial charge in [0.2, 0.25) is 0 Å². The van der Waals surface area contributed by atoms with E-state index in [-0.39, 0.29) is 12.2 Å². The molecule has 0 radical (unpaired) electrons. The molecule has 1 aromatic rings. The Bertz CT molecular complexity index is 349. The third-order valence-corrected chi connectivity index (χ3v) is 1.77. The molecule has 0 bridgehead atoms. The van der Waals surface area contributed by atoms with Gasteiger partial charge in [0.1, 0.15) is 6.54 Å². The van der Waals surface area contributed by atoms with Crippen LogP contribution in [-0.2, 0) is 6.54 Å². The van der Waals surface area contributed by atoms with Crippen molar-refractivity contribution in [2.24, 2.45) is 5.18 Å². The van der Waals surface area contributed by atoms with Crippen LogP contribution >= 0.6 is 0 Å². The lowest BCUT2D eigenvalue weighted by molar-refractivity contribution is -0.384. The molecule has 0 aliphatic rings. The van der Waals surface area contributed by atoms with Crippen LogP contribution in [-0.4, -0.2) is 4.92 Å². The molecule has 0 N–H and O–H groups in total. The van der Waals surface area contributed by atoms with Crippen LogP contribution in [0.2, 0.25) is 0 Å². The summed E-state index contributed by atoms with van der Waals surface area (Å²) in [6.45, 7) is 1.78. The van der Waals surface area contributed by atoms with Gasteiger partial charge in [-0.3, -0.25) is 10.1 Å². The van der Waals surface area contributed by atoms with Gasteiger partial charge >= 0.3 is 0 Å². The van der Waals surface area contributed by atoms with Gasteiger partial charge in [-0.15, -0.1) is 0 Å². The van der Waals surface area contributed by atoms with Gasteiger partial charge in [-0.2, -0.15) is 4.91 Å². The Hall–Kier alpha value is -1.78. The van der Waals surface area contributed by atoms with Crippen molar-refractivity contribution >= 4 is 5.69 Å². The largest absolute Gasteiger partial charge is 0.269 e. The van der Waals surface area contributed by atoms with E-state index in [9.17, 15) is 15.0 Å². The number of nitro benzene ring substituents is 1. The van der Waals surface area contributed by atoms with E-state index in [1.54, 1.807) is 13.0 Å². The van der Waals surface area contributed by atoms with E-state index in [4.69, 9.17) is 0 Å². The number of nitro groups is 1. The SMILES string of the molecule is Cc1cc([N+](=O)[O-])ccc1CN=O. The molecular formula is C8H8N2O3. The van der Waals surface area contributed by atoms with E-state index >= 15 is 0 Å². The minimum atomic E-state index is -0.467. The van der Waals surface area contributed by atoms with Crippen LogP contribution in [0.25, 0.3) is 0 Å². The van der Waals surface area contributed by atoms with Crippen LogP contribution in [0, 0.1) is 21.9 Å². The molecule has 0 aliphatic carbocycles. The second-order valence-corrected chi connectivity index (χ2v) is 2.66. The van der Waals surface area contributed by atoms with Crippen molar-refractivity contribution in [3.05, 3.63) is 44.3 Å². The Morgan fingerprint density at radius 3 is 2.69 bits per heavy atom. The zero-order valence-electron chi connectivity index (χ0n) is 7.06. The highest BCUT2D eigenvalue weighted by atomic mass is 16.6. The molecule has 1 aromatic carbocycles. The van der Waals surface area contributed by atoms with Crippen LogP contribution in [0.15, 0.2) is 23.4 Å². The van der Waals surface area contributed by atoms with E-state index in [1.807, 2.05) is 0 Å². The molecule has 0 heterocycles. The van der Waals surface area contributed by atoms with E-state index in [2.05, 4.69) is 5.18 Å². The average Bonchev–Trinajstić information content (AvgIpc) is 2.08. The molecule has 0 aliphatic heterocycles. The zero-order chi connectivity index (χ0) is 9.84. The third kappa shape index (κ3) is 2.08. The van der Waals surface area contributed by atoms with Crippen molar-refractivity contribution in [3.8, 4) is 0 Å². The Balaban J connectivity index is 3.04. The highest BCUT2D eigenvalue weighted by Gasteiger charge is 2.07. The van der Waals surface area contributed by atoms with Gasteiger partial charge in [0.25, 0.3) is 5.69 Å². The van der Waals surface area contributed by atoms with Gasteiger partial charge in [-0.25, -0.2) is 0 Å². The maximum Gasteiger partial charge on any atom is 0.269 e. The molecule has 68 valence electrons. The first-order chi connectivity index (χ1) is 6.15. The van der Waals surface area contributed by atoms with Gasteiger partial charge in [0.15, 0.2) is 0 Å². The van der Waals surface area contributed by atoms with Crippen LogP contribution < -0.4 is 0 Å². The third-order valence-electron chi connectivity index (χ3n) is 1.77. The fourth-order valence-corrected chi connectivity index (χ4v) is 1.04. The molecule has 0 aromatic heterocycles. The van der Waals surface area contributed by atoms with Gasteiger partial charge in [-0.05, 0) is 24.1 Å². The molecule has 5 nitrogen and oxygen atoms in total. The topological polar surface area (TPSA) is 72.6 Å². The highest BCUT2D eigenvalue weighted by molar-refractivity contribution is 5.39. The Morgan fingerprint density at radius 2 is 2.23 bits per heavy atom. The number of nitrogens with zero attached hydrogens (tertiary/aromatic N) is 2. The van der Waals surface area contributed by atoms with Crippen molar-refractivity contribution in [2.45, 2.75) is 13.5 Å². The van der Waals surface area contributed by atoms with Gasteiger partial charge in [0, 0.05) is 12.1 Å². The number of hydrogen-bond donors (Lipinski definition) is 0. The van der Waals surface area contributed by atoms with E-state index in [0.717, 1.165) is 5.56 Å². The predicted molar refractivity (Wildman–Crippen MR) is 47.3 cm³/mol. The minimum absolute atomic E-state index is 0.0344. The Labute approximate surface area is 74.5 Å². The molecular weight excluding hydrogens is 172 g/mol. The zero-order valence-corrected chi connectivity index (χ0v) is 7.06. The number of hydrogen-bond acceptors (Lipinski definition) is 4. The smallest absolute Gasteiger partial charge is 0.258 e. The average molecular weight is 180 g/mol. The number of benzene rings is 1. The molecule has 0 spiro atoms. The molecule has 1 rings (SSSR count). The van der Waals surface area contributed by atoms with Crippen LogP contribution in [0.4, 0.5) is 5.69 Å². The normalized spacial score (nSPS) is 9.62. The molecule has 13 heavy (non-hydrogen) atoms. The summed E-state index contributed by atoms with van der Waals surface area (Å²) in [7, 11) is 0. The monoisotopic (exact) mass is 180 g/mol. The lowest BCUT2D eigenvalue weighted by Gasteiger charge is -1.99. The van der Waals surface area contributed by atoms with Crippen molar-refractivity contribution in [2.75, 3.05) is 0 Å². The van der Waals surface area contributed by atoms with Crippen molar-refractivity contribution in [3.63, 3.8) is 0 Å². The molecule has 0 amide bonds. The standard InChI is InChI=1S/C8H8N2O3/c1-6-4-8(10(12)13)3-2-7(6)5-9-11/h2-4H,5H2,1H3. The van der Waals surface area contributed by atoms with Crippen LogP contribution in [0.3, 0.4) is 0 Å². The van der Waals surface area contributed by atoms with Crippen molar-refractivity contribution < 1.29 is 4.92 Å². The molecule has 5 heteroatoms. The van der Waals surface area contributed by atoms with Crippen molar-refractivity contribution in [1.29, 1.82) is 0 Å². The second-order valence-electron chi connectivity index (χ2n) is 2.66. The minimum Gasteiger partial charge on any atom is -0.258 e. The number of non-ortho nitro benzene ring substituents is 1. The van der Waals surface area contributed by atoms with Crippen LogP contribution in [0.5, 0.6) is 0 Å². The molecule has 0 atom stereocenters. The van der Waals surface area contributed by atoms with Crippen molar-refractivity contribution in [1.82, 2.24) is 0 Å². The summed E-state index contributed by atoms with van der Waals surface area (Å²) in [4.78, 5) is 19.8.